The molecule has 1 heterocycles. The van der Waals surface area contributed by atoms with Gasteiger partial charge >= 0.3 is 7.12 Å². The monoisotopic (exact) mass is 616 g/mol. The van der Waals surface area contributed by atoms with Crippen LogP contribution in [0, 0.1) is 5.92 Å². The number of ether oxygens (including phenoxy) is 2. The molecule has 46 heavy (non-hydrogen) atoms. The second kappa shape index (κ2) is 14.5. The van der Waals surface area contributed by atoms with Crippen LogP contribution in [0.2, 0.25) is 5.82 Å². The Bertz CT molecular complexity index is 1330. The molecule has 4 aromatic carbocycles. The molecule has 5 nitrogen and oxygen atoms in total. The number of hydrogen-bond donors (Lipinski definition) is 1. The molecule has 2 aliphatic rings. The van der Waals surface area contributed by atoms with E-state index in [-0.39, 0.29) is 5.92 Å². The molecule has 0 spiro atoms. The summed E-state index contributed by atoms with van der Waals surface area (Å²) in [7, 11) is 2.66. The standard InChI is InChI=1S/C40H45BO5/c1-4-35(36(42)30-20-10-5-11-21-30)41-45-37(39(43-2,31-22-12-6-13-23-31)32-24-14-7-15-25-32)38(46-41)40(44-3,33-26-16-8-17-27-33)34-28-18-9-19-29-34/h4,6-9,12-19,22-30,35-38,42H,1,5,10-11,20-21H2,2-3H3/t35-,36-,37-,38-/m1/s1. The zero-order chi connectivity index (χ0) is 32.0. The Morgan fingerprint density at radius 3 is 1.30 bits per heavy atom. The Kier molecular flexibility index (Phi) is 10.2. The minimum atomic E-state index is -1.10. The minimum Gasteiger partial charge on any atom is -0.401 e. The van der Waals surface area contributed by atoms with Gasteiger partial charge in [0.1, 0.15) is 23.4 Å². The van der Waals surface area contributed by atoms with Crippen LogP contribution in [0.25, 0.3) is 0 Å². The molecule has 1 saturated carbocycles. The number of aliphatic hydroxyl groups is 1. The normalized spacial score (nSPS) is 20.7. The first-order valence-corrected chi connectivity index (χ1v) is 16.5. The first-order valence-electron chi connectivity index (χ1n) is 16.5. The molecule has 0 bridgehead atoms. The number of rotatable bonds is 12. The Hall–Kier alpha value is -3.52. The molecule has 6 heteroatoms. The first kappa shape index (κ1) is 32.4. The number of methoxy groups -OCH3 is 2. The molecule has 6 rings (SSSR count). The van der Waals surface area contributed by atoms with E-state index in [1.807, 2.05) is 78.9 Å². The Morgan fingerprint density at radius 1 is 0.652 bits per heavy atom. The third kappa shape index (κ3) is 5.78. The van der Waals surface area contributed by atoms with E-state index in [9.17, 15) is 5.11 Å². The summed E-state index contributed by atoms with van der Waals surface area (Å²) >= 11 is 0. The van der Waals surface area contributed by atoms with E-state index in [1.54, 1.807) is 14.2 Å². The molecule has 2 fully saturated rings. The molecule has 1 saturated heterocycles. The molecule has 0 radical (unpaired) electrons. The van der Waals surface area contributed by atoms with Gasteiger partial charge in [-0.3, -0.25) is 0 Å². The lowest BCUT2D eigenvalue weighted by molar-refractivity contribution is -0.136. The van der Waals surface area contributed by atoms with Crippen molar-refractivity contribution in [3.8, 4) is 0 Å². The number of hydrogen-bond acceptors (Lipinski definition) is 5. The van der Waals surface area contributed by atoms with Crippen LogP contribution in [0.1, 0.15) is 54.4 Å². The van der Waals surface area contributed by atoms with E-state index in [4.69, 9.17) is 18.8 Å². The van der Waals surface area contributed by atoms with Crippen LogP contribution >= 0.6 is 0 Å². The van der Waals surface area contributed by atoms with Crippen molar-refractivity contribution in [1.29, 1.82) is 0 Å². The lowest BCUT2D eigenvalue weighted by Crippen LogP contribution is -2.56. The summed E-state index contributed by atoms with van der Waals surface area (Å²) in [5.41, 5.74) is 1.51. The Labute approximate surface area is 274 Å². The zero-order valence-electron chi connectivity index (χ0n) is 26.9. The highest BCUT2D eigenvalue weighted by Crippen LogP contribution is 2.52. The molecule has 0 aromatic heterocycles. The van der Waals surface area contributed by atoms with Gasteiger partial charge in [0.15, 0.2) is 0 Å². The zero-order valence-corrected chi connectivity index (χ0v) is 26.9. The first-order chi connectivity index (χ1) is 22.6. The van der Waals surface area contributed by atoms with Crippen molar-refractivity contribution in [2.24, 2.45) is 5.92 Å². The average molecular weight is 617 g/mol. The SMILES string of the molecule is C=C[C@@H](B1O[C@@H](C(OC)(c2ccccc2)c2ccccc2)[C@H](C(OC)(c2ccccc2)c2ccccc2)O1)[C@H](O)C1CCCCC1. The fourth-order valence-corrected chi connectivity index (χ4v) is 7.90. The molecule has 1 N–H and O–H groups in total. The fourth-order valence-electron chi connectivity index (χ4n) is 7.90. The molecule has 0 unspecified atom stereocenters. The van der Waals surface area contributed by atoms with Gasteiger partial charge in [-0.2, -0.15) is 0 Å². The summed E-state index contributed by atoms with van der Waals surface area (Å²) in [4.78, 5) is 0. The van der Waals surface area contributed by atoms with E-state index in [1.165, 1.54) is 6.42 Å². The maximum Gasteiger partial charge on any atom is 0.467 e. The van der Waals surface area contributed by atoms with Gasteiger partial charge in [-0.25, -0.2) is 0 Å². The van der Waals surface area contributed by atoms with Crippen molar-refractivity contribution in [3.63, 3.8) is 0 Å². The van der Waals surface area contributed by atoms with Gasteiger partial charge in [0.05, 0.1) is 6.10 Å². The second-order valence-electron chi connectivity index (χ2n) is 12.5. The molecular formula is C40H45BO5. The lowest BCUT2D eigenvalue weighted by Gasteiger charge is -2.47. The molecule has 4 aromatic rings. The predicted octanol–water partition coefficient (Wildman–Crippen LogP) is 7.94. The van der Waals surface area contributed by atoms with Crippen molar-refractivity contribution >= 4 is 7.12 Å². The molecule has 1 aliphatic carbocycles. The van der Waals surface area contributed by atoms with Crippen molar-refractivity contribution in [2.75, 3.05) is 14.2 Å². The second-order valence-corrected chi connectivity index (χ2v) is 12.5. The fraction of sp³-hybridized carbons (Fsp3) is 0.350. The molecule has 1 aliphatic heterocycles. The van der Waals surface area contributed by atoms with Crippen LogP contribution in [-0.2, 0) is 30.0 Å². The maximum absolute atomic E-state index is 11.9. The van der Waals surface area contributed by atoms with Gasteiger partial charge in [0, 0.05) is 20.0 Å². The average Bonchev–Trinajstić information content (AvgIpc) is 3.57. The van der Waals surface area contributed by atoms with E-state index < -0.39 is 42.4 Å². The summed E-state index contributed by atoms with van der Waals surface area (Å²) in [6.45, 7) is 4.19. The van der Waals surface area contributed by atoms with Crippen LogP contribution in [0.15, 0.2) is 134 Å². The van der Waals surface area contributed by atoms with Gasteiger partial charge < -0.3 is 23.9 Å². The molecule has 0 amide bonds. The third-order valence-electron chi connectivity index (χ3n) is 10.2. The highest BCUT2D eigenvalue weighted by atomic mass is 16.7. The van der Waals surface area contributed by atoms with Crippen LogP contribution in [0.3, 0.4) is 0 Å². The third-order valence-corrected chi connectivity index (χ3v) is 10.2. The van der Waals surface area contributed by atoms with E-state index in [0.717, 1.165) is 47.9 Å². The van der Waals surface area contributed by atoms with Gasteiger partial charge in [-0.1, -0.05) is 147 Å². The van der Waals surface area contributed by atoms with Crippen molar-refractivity contribution in [3.05, 3.63) is 156 Å². The van der Waals surface area contributed by atoms with Crippen LogP contribution in [-0.4, -0.2) is 44.8 Å². The van der Waals surface area contributed by atoms with Crippen molar-refractivity contribution < 1.29 is 23.9 Å². The number of aliphatic hydroxyl groups excluding tert-OH is 1. The highest BCUT2D eigenvalue weighted by Gasteiger charge is 2.63. The smallest absolute Gasteiger partial charge is 0.401 e. The van der Waals surface area contributed by atoms with Crippen LogP contribution in [0.5, 0.6) is 0 Å². The summed E-state index contributed by atoms with van der Waals surface area (Å²) in [5.74, 6) is -0.301. The van der Waals surface area contributed by atoms with Gasteiger partial charge in [0.25, 0.3) is 0 Å². The Balaban J connectivity index is 1.58. The van der Waals surface area contributed by atoms with E-state index in [0.29, 0.717) is 0 Å². The number of benzene rings is 4. The summed E-state index contributed by atoms with van der Waals surface area (Å²) in [5, 5.41) is 11.9. The van der Waals surface area contributed by atoms with Gasteiger partial charge in [0.2, 0.25) is 0 Å². The van der Waals surface area contributed by atoms with E-state index in [2.05, 4.69) is 55.1 Å². The van der Waals surface area contributed by atoms with Crippen LogP contribution < -0.4 is 0 Å². The largest absolute Gasteiger partial charge is 0.467 e. The molecule has 4 atom stereocenters. The summed E-state index contributed by atoms with van der Waals surface area (Å²) < 4.78 is 27.8. The van der Waals surface area contributed by atoms with Gasteiger partial charge in [-0.05, 0) is 41.0 Å². The van der Waals surface area contributed by atoms with E-state index >= 15 is 0 Å². The molecular weight excluding hydrogens is 571 g/mol. The Morgan fingerprint density at radius 2 is 1.00 bits per heavy atom. The topological polar surface area (TPSA) is 57.2 Å². The lowest BCUT2D eigenvalue weighted by atomic mass is 9.64. The quantitative estimate of drug-likeness (QED) is 0.129. The molecule has 238 valence electrons. The maximum atomic E-state index is 11.9. The van der Waals surface area contributed by atoms with Crippen molar-refractivity contribution in [1.82, 2.24) is 0 Å². The minimum absolute atomic E-state index is 0.160. The highest BCUT2D eigenvalue weighted by molar-refractivity contribution is 6.48. The predicted molar refractivity (Wildman–Crippen MR) is 183 cm³/mol. The summed E-state index contributed by atoms with van der Waals surface area (Å²) in [6, 6.07) is 40.8. The van der Waals surface area contributed by atoms with Gasteiger partial charge in [-0.15, -0.1) is 6.58 Å². The summed E-state index contributed by atoms with van der Waals surface area (Å²) in [6.07, 6.45) is 5.13. The van der Waals surface area contributed by atoms with Crippen LogP contribution in [0.4, 0.5) is 0 Å². The van der Waals surface area contributed by atoms with Crippen molar-refractivity contribution in [2.45, 2.75) is 67.4 Å².